The number of carboxylic acids is 1. The molecule has 0 heterocycles. The minimum absolute atomic E-state index is 0.412. The van der Waals surface area contributed by atoms with Gasteiger partial charge in [-0.3, -0.25) is 4.74 Å². The van der Waals surface area contributed by atoms with E-state index in [1.165, 1.54) is 0 Å². The van der Waals surface area contributed by atoms with E-state index < -0.39 is 29.8 Å². The maximum absolute atomic E-state index is 12.7. The number of carboxylic acid groups (broad SMARTS) is 1. The number of alkyl halides is 3. The van der Waals surface area contributed by atoms with Crippen LogP contribution in [-0.4, -0.2) is 17.4 Å². The number of carbonyl (C=O) groups is 1. The van der Waals surface area contributed by atoms with Gasteiger partial charge in [-0.2, -0.15) is 0 Å². The highest BCUT2D eigenvalue weighted by Gasteiger charge is 2.37. The van der Waals surface area contributed by atoms with Crippen molar-refractivity contribution in [2.24, 2.45) is 0 Å². The predicted molar refractivity (Wildman–Crippen MR) is 43.9 cm³/mol. The second-order valence-corrected chi connectivity index (χ2v) is 2.84. The fourth-order valence-electron chi connectivity index (χ4n) is 1.06. The van der Waals surface area contributed by atoms with E-state index in [0.29, 0.717) is 6.07 Å². The van der Waals surface area contributed by atoms with Crippen molar-refractivity contribution in [3.8, 4) is 0 Å². The summed E-state index contributed by atoms with van der Waals surface area (Å²) >= 11 is 0. The first-order valence-electron chi connectivity index (χ1n) is 4.02. The van der Waals surface area contributed by atoms with Gasteiger partial charge in [0.2, 0.25) is 0 Å². The van der Waals surface area contributed by atoms with E-state index in [4.69, 9.17) is 5.11 Å². The molecule has 0 aliphatic rings. The fraction of sp³-hybridized carbons (Fsp3) is 0.222. The minimum Gasteiger partial charge on any atom is -0.479 e. The third-order valence-electron chi connectivity index (χ3n) is 1.63. The zero-order chi connectivity index (χ0) is 12.3. The van der Waals surface area contributed by atoms with Gasteiger partial charge in [-0.15, -0.1) is 13.2 Å². The third kappa shape index (κ3) is 3.50. The topological polar surface area (TPSA) is 46.5 Å². The summed E-state index contributed by atoms with van der Waals surface area (Å²) in [7, 11) is 0. The van der Waals surface area contributed by atoms with Gasteiger partial charge < -0.3 is 5.11 Å². The van der Waals surface area contributed by atoms with E-state index in [9.17, 15) is 22.4 Å². The van der Waals surface area contributed by atoms with E-state index in [1.54, 1.807) is 0 Å². The highest BCUT2D eigenvalue weighted by molar-refractivity contribution is 5.74. The summed E-state index contributed by atoms with van der Waals surface area (Å²) in [5, 5.41) is 8.53. The summed E-state index contributed by atoms with van der Waals surface area (Å²) in [6, 6.07) is 3.79. The predicted octanol–water partition coefficient (Wildman–Crippen LogP) is 2.49. The lowest BCUT2D eigenvalue weighted by molar-refractivity contribution is -0.341. The molecule has 0 aliphatic carbocycles. The lowest BCUT2D eigenvalue weighted by Crippen LogP contribution is -2.24. The van der Waals surface area contributed by atoms with Crippen molar-refractivity contribution in [1.82, 2.24) is 0 Å². The normalized spacial score (nSPS) is 13.5. The Morgan fingerprint density at radius 2 is 2.00 bits per heavy atom. The van der Waals surface area contributed by atoms with Gasteiger partial charge in [0.25, 0.3) is 0 Å². The van der Waals surface area contributed by atoms with E-state index in [2.05, 4.69) is 4.74 Å². The molecule has 0 aromatic heterocycles. The van der Waals surface area contributed by atoms with E-state index in [0.717, 1.165) is 18.2 Å². The summed E-state index contributed by atoms with van der Waals surface area (Å²) in [5.41, 5.74) is -0.412. The molecule has 1 aromatic rings. The monoisotopic (exact) mass is 238 g/mol. The molecule has 88 valence electrons. The summed E-state index contributed by atoms with van der Waals surface area (Å²) in [4.78, 5) is 10.5. The average Bonchev–Trinajstić information content (AvgIpc) is 2.12. The van der Waals surface area contributed by atoms with Gasteiger partial charge in [0.05, 0.1) is 0 Å². The first kappa shape index (κ1) is 12.4. The maximum atomic E-state index is 12.7. The quantitative estimate of drug-likeness (QED) is 0.823. The van der Waals surface area contributed by atoms with Crippen LogP contribution in [0.25, 0.3) is 0 Å². The van der Waals surface area contributed by atoms with Crippen molar-refractivity contribution in [2.45, 2.75) is 12.5 Å². The maximum Gasteiger partial charge on any atom is 0.523 e. The van der Waals surface area contributed by atoms with Gasteiger partial charge in [0.15, 0.2) is 6.10 Å². The molecule has 7 heteroatoms. The summed E-state index contributed by atoms with van der Waals surface area (Å²) in [6.45, 7) is 0. The minimum atomic E-state index is -5.10. The standard InChI is InChI=1S/C9H6F4O3/c10-6-3-1-2-5(4-6)7(8(14)15)16-9(11,12)13/h1-4,7H,(H,14,15). The van der Waals surface area contributed by atoms with Crippen LogP contribution in [-0.2, 0) is 9.53 Å². The van der Waals surface area contributed by atoms with Crippen LogP contribution in [0.5, 0.6) is 0 Å². The lowest BCUT2D eigenvalue weighted by Gasteiger charge is -2.15. The molecular weight excluding hydrogens is 232 g/mol. The molecule has 1 rings (SSSR count). The number of hydrogen-bond acceptors (Lipinski definition) is 2. The molecule has 1 unspecified atom stereocenters. The van der Waals surface area contributed by atoms with Crippen molar-refractivity contribution < 1.29 is 32.2 Å². The zero-order valence-electron chi connectivity index (χ0n) is 7.66. The fourth-order valence-corrected chi connectivity index (χ4v) is 1.06. The van der Waals surface area contributed by atoms with Gasteiger partial charge >= 0.3 is 12.3 Å². The zero-order valence-corrected chi connectivity index (χ0v) is 7.66. The molecule has 1 aromatic carbocycles. The number of benzene rings is 1. The molecule has 0 amide bonds. The molecule has 1 atom stereocenters. The van der Waals surface area contributed by atoms with Crippen LogP contribution in [0.1, 0.15) is 11.7 Å². The van der Waals surface area contributed by atoms with Crippen molar-refractivity contribution in [3.63, 3.8) is 0 Å². The number of hydrogen-bond donors (Lipinski definition) is 1. The van der Waals surface area contributed by atoms with Crippen molar-refractivity contribution in [3.05, 3.63) is 35.6 Å². The molecule has 0 saturated carbocycles. The number of rotatable bonds is 3. The largest absolute Gasteiger partial charge is 0.523 e. The van der Waals surface area contributed by atoms with Crippen molar-refractivity contribution in [2.75, 3.05) is 0 Å². The van der Waals surface area contributed by atoms with Crippen molar-refractivity contribution >= 4 is 5.97 Å². The Morgan fingerprint density at radius 3 is 2.44 bits per heavy atom. The SMILES string of the molecule is O=C(O)C(OC(F)(F)F)c1cccc(F)c1. The van der Waals surface area contributed by atoms with Crippen LogP contribution in [0.4, 0.5) is 17.6 Å². The van der Waals surface area contributed by atoms with Crippen molar-refractivity contribution in [1.29, 1.82) is 0 Å². The van der Waals surface area contributed by atoms with Crippen LogP contribution in [0.3, 0.4) is 0 Å². The van der Waals surface area contributed by atoms with E-state index >= 15 is 0 Å². The second kappa shape index (κ2) is 4.48. The average molecular weight is 238 g/mol. The molecule has 0 spiro atoms. The van der Waals surface area contributed by atoms with E-state index in [1.807, 2.05) is 0 Å². The molecule has 16 heavy (non-hydrogen) atoms. The number of halogens is 4. The summed E-state index contributed by atoms with van der Waals surface area (Å²) in [6.07, 6.45) is -7.37. The molecule has 0 saturated heterocycles. The third-order valence-corrected chi connectivity index (χ3v) is 1.63. The van der Waals surface area contributed by atoms with Gasteiger partial charge in [0, 0.05) is 0 Å². The summed E-state index contributed by atoms with van der Waals surface area (Å²) in [5.74, 6) is -2.68. The second-order valence-electron chi connectivity index (χ2n) is 2.84. The molecule has 0 radical (unpaired) electrons. The Morgan fingerprint density at radius 1 is 1.38 bits per heavy atom. The highest BCUT2D eigenvalue weighted by atomic mass is 19.4. The van der Waals surface area contributed by atoms with Crippen LogP contribution < -0.4 is 0 Å². The molecule has 3 nitrogen and oxygen atoms in total. The Balaban J connectivity index is 2.99. The smallest absolute Gasteiger partial charge is 0.479 e. The lowest BCUT2D eigenvalue weighted by atomic mass is 10.1. The van der Waals surface area contributed by atoms with Gasteiger partial charge in [-0.05, 0) is 17.7 Å². The van der Waals surface area contributed by atoms with Gasteiger partial charge in [0.1, 0.15) is 5.82 Å². The Bertz CT molecular complexity index is 389. The molecule has 0 bridgehead atoms. The van der Waals surface area contributed by atoms with Gasteiger partial charge in [-0.1, -0.05) is 12.1 Å². The van der Waals surface area contributed by atoms with Crippen LogP contribution >= 0.6 is 0 Å². The number of aliphatic carboxylic acids is 1. The van der Waals surface area contributed by atoms with Crippen LogP contribution in [0.2, 0.25) is 0 Å². The molecule has 0 fully saturated rings. The first-order chi connectivity index (χ1) is 7.29. The molecule has 1 N–H and O–H groups in total. The first-order valence-corrected chi connectivity index (χ1v) is 4.02. The molecular formula is C9H6F4O3. The van der Waals surface area contributed by atoms with E-state index in [-0.39, 0.29) is 0 Å². The van der Waals surface area contributed by atoms with Crippen LogP contribution in [0, 0.1) is 5.82 Å². The summed E-state index contributed by atoms with van der Waals surface area (Å²) < 4.78 is 51.7. The molecule has 0 aliphatic heterocycles. The van der Waals surface area contributed by atoms with Gasteiger partial charge in [-0.25, -0.2) is 9.18 Å². The highest BCUT2D eigenvalue weighted by Crippen LogP contribution is 2.28. The number of ether oxygens (including phenoxy) is 1. The van der Waals surface area contributed by atoms with Crippen LogP contribution in [0.15, 0.2) is 24.3 Å². The Labute approximate surface area is 87.3 Å². The Hall–Kier alpha value is -1.63. The Kier molecular flexibility index (Phi) is 3.48.